The summed E-state index contributed by atoms with van der Waals surface area (Å²) < 4.78 is 19.7. The first-order valence-electron chi connectivity index (χ1n) is 9.21. The van der Waals surface area contributed by atoms with E-state index in [1.807, 2.05) is 36.1 Å². The van der Waals surface area contributed by atoms with Gasteiger partial charge in [0, 0.05) is 43.4 Å². The van der Waals surface area contributed by atoms with E-state index in [-0.39, 0.29) is 17.3 Å². The third-order valence-corrected chi connectivity index (χ3v) is 5.51. The van der Waals surface area contributed by atoms with Gasteiger partial charge < -0.3 is 9.64 Å². The fourth-order valence-corrected chi connectivity index (χ4v) is 3.96. The minimum atomic E-state index is -0.265. The van der Waals surface area contributed by atoms with Crippen LogP contribution in [0.25, 0.3) is 0 Å². The maximum atomic E-state index is 13.5. The van der Waals surface area contributed by atoms with E-state index in [9.17, 15) is 9.18 Å². The molecule has 136 valence electrons. The fraction of sp³-hybridized carbons (Fsp3) is 0.429. The molecule has 1 amide bonds. The van der Waals surface area contributed by atoms with E-state index in [1.165, 1.54) is 12.1 Å². The maximum Gasteiger partial charge on any atom is 0.228 e. The van der Waals surface area contributed by atoms with Crippen molar-refractivity contribution in [2.24, 2.45) is 0 Å². The quantitative estimate of drug-likeness (QED) is 0.829. The van der Waals surface area contributed by atoms with Gasteiger partial charge >= 0.3 is 0 Å². The Morgan fingerprint density at radius 3 is 2.81 bits per heavy atom. The Bertz CT molecular complexity index is 829. The average Bonchev–Trinajstić information content (AvgIpc) is 2.62. The number of benzene rings is 1. The van der Waals surface area contributed by atoms with Gasteiger partial charge in [0.05, 0.1) is 6.42 Å². The van der Waals surface area contributed by atoms with E-state index < -0.39 is 0 Å². The molecule has 1 spiro atoms. The number of rotatable bonds is 2. The minimum absolute atomic E-state index is 0.111. The van der Waals surface area contributed by atoms with Gasteiger partial charge in [-0.15, -0.1) is 0 Å². The number of hydrogen-bond donors (Lipinski definition) is 0. The second kappa shape index (κ2) is 6.71. The zero-order valence-corrected chi connectivity index (χ0v) is 15.0. The minimum Gasteiger partial charge on any atom is -0.487 e. The van der Waals surface area contributed by atoms with E-state index in [0.29, 0.717) is 25.3 Å². The molecule has 26 heavy (non-hydrogen) atoms. The lowest BCUT2D eigenvalue weighted by atomic mass is 9.83. The van der Waals surface area contributed by atoms with Crippen molar-refractivity contribution in [3.63, 3.8) is 0 Å². The van der Waals surface area contributed by atoms with E-state index in [2.05, 4.69) is 4.98 Å². The van der Waals surface area contributed by atoms with Gasteiger partial charge in [-0.25, -0.2) is 4.39 Å². The number of hydrogen-bond acceptors (Lipinski definition) is 3. The third-order valence-electron chi connectivity index (χ3n) is 5.51. The molecule has 0 atom stereocenters. The van der Waals surface area contributed by atoms with Crippen molar-refractivity contribution >= 4 is 5.91 Å². The van der Waals surface area contributed by atoms with Crippen LogP contribution in [0.15, 0.2) is 36.4 Å². The Morgan fingerprint density at radius 2 is 2.04 bits per heavy atom. The standard InChI is InChI=1S/C21H23FN2O2/c1-15-3-2-4-18(23-15)14-20(25)24-11-9-21(10-12-24)8-7-16-5-6-17(22)13-19(16)26-21/h2-6,13H,7-12,14H2,1H3. The van der Waals surface area contributed by atoms with Gasteiger partial charge in [-0.2, -0.15) is 0 Å². The first-order valence-corrected chi connectivity index (χ1v) is 9.21. The van der Waals surface area contributed by atoms with E-state index in [4.69, 9.17) is 4.74 Å². The van der Waals surface area contributed by atoms with E-state index in [0.717, 1.165) is 42.6 Å². The van der Waals surface area contributed by atoms with Gasteiger partial charge in [-0.3, -0.25) is 9.78 Å². The maximum absolute atomic E-state index is 13.5. The highest BCUT2D eigenvalue weighted by Gasteiger charge is 2.40. The number of carbonyl (C=O) groups is 1. The van der Waals surface area contributed by atoms with Gasteiger partial charge in [-0.1, -0.05) is 12.1 Å². The fourth-order valence-electron chi connectivity index (χ4n) is 3.96. The van der Waals surface area contributed by atoms with Crippen molar-refractivity contribution < 1.29 is 13.9 Å². The van der Waals surface area contributed by atoms with Gasteiger partial charge in [-0.05, 0) is 43.5 Å². The molecular weight excluding hydrogens is 331 g/mol. The van der Waals surface area contributed by atoms with Crippen molar-refractivity contribution in [2.45, 2.75) is 44.6 Å². The van der Waals surface area contributed by atoms with E-state index >= 15 is 0 Å². The molecule has 3 heterocycles. The number of amides is 1. The van der Waals surface area contributed by atoms with Crippen LogP contribution in [0.5, 0.6) is 5.75 Å². The lowest BCUT2D eigenvalue weighted by Gasteiger charge is -2.44. The summed E-state index contributed by atoms with van der Waals surface area (Å²) in [6.45, 7) is 3.28. The second-order valence-corrected chi connectivity index (χ2v) is 7.36. The molecule has 1 aromatic heterocycles. The van der Waals surface area contributed by atoms with Crippen LogP contribution in [-0.2, 0) is 17.6 Å². The van der Waals surface area contributed by atoms with Crippen LogP contribution in [0.1, 0.15) is 36.2 Å². The predicted molar refractivity (Wildman–Crippen MR) is 96.6 cm³/mol. The summed E-state index contributed by atoms with van der Waals surface area (Å²) in [6, 6.07) is 10.5. The molecule has 5 heteroatoms. The molecule has 0 N–H and O–H groups in total. The number of nitrogens with zero attached hydrogens (tertiary/aromatic N) is 2. The molecule has 2 aliphatic heterocycles. The zero-order chi connectivity index (χ0) is 18.1. The van der Waals surface area contributed by atoms with Crippen LogP contribution in [0, 0.1) is 12.7 Å². The second-order valence-electron chi connectivity index (χ2n) is 7.36. The molecule has 0 aliphatic carbocycles. The number of pyridine rings is 1. The molecule has 0 bridgehead atoms. The van der Waals surface area contributed by atoms with Gasteiger partial charge in [0.25, 0.3) is 0 Å². The summed E-state index contributed by atoms with van der Waals surface area (Å²) in [6.07, 6.45) is 3.74. The molecule has 0 saturated carbocycles. The van der Waals surface area contributed by atoms with Crippen molar-refractivity contribution in [3.8, 4) is 5.75 Å². The Hall–Kier alpha value is -2.43. The molecule has 4 rings (SSSR count). The van der Waals surface area contributed by atoms with Crippen molar-refractivity contribution in [3.05, 3.63) is 59.2 Å². The first-order chi connectivity index (χ1) is 12.5. The smallest absolute Gasteiger partial charge is 0.228 e. The summed E-state index contributed by atoms with van der Waals surface area (Å²) in [5.74, 6) is 0.513. The van der Waals surface area contributed by atoms with Crippen molar-refractivity contribution in [2.75, 3.05) is 13.1 Å². The molecule has 1 fully saturated rings. The summed E-state index contributed by atoms with van der Waals surface area (Å²) in [5.41, 5.74) is 2.54. The average molecular weight is 354 g/mol. The highest BCUT2D eigenvalue weighted by atomic mass is 19.1. The highest BCUT2D eigenvalue weighted by molar-refractivity contribution is 5.78. The number of aryl methyl sites for hydroxylation is 2. The predicted octanol–water partition coefficient (Wildman–Crippen LogP) is 3.46. The van der Waals surface area contributed by atoms with Crippen LogP contribution in [0.2, 0.25) is 0 Å². The SMILES string of the molecule is Cc1cccc(CC(=O)N2CCC3(CCc4ccc(F)cc4O3)CC2)n1. The molecule has 1 saturated heterocycles. The summed E-state index contributed by atoms with van der Waals surface area (Å²) in [7, 11) is 0. The number of carbonyl (C=O) groups excluding carboxylic acids is 1. The summed E-state index contributed by atoms with van der Waals surface area (Å²) >= 11 is 0. The number of fused-ring (bicyclic) bond motifs is 1. The van der Waals surface area contributed by atoms with Crippen LogP contribution in [0.4, 0.5) is 4.39 Å². The Kier molecular flexibility index (Phi) is 4.39. The Balaban J connectivity index is 1.39. The molecular formula is C21H23FN2O2. The number of halogens is 1. The number of ether oxygens (including phenoxy) is 1. The highest BCUT2D eigenvalue weighted by Crippen LogP contribution is 2.39. The summed E-state index contributed by atoms with van der Waals surface area (Å²) in [4.78, 5) is 18.9. The van der Waals surface area contributed by atoms with Gasteiger partial charge in [0.2, 0.25) is 5.91 Å². The van der Waals surface area contributed by atoms with Crippen LogP contribution < -0.4 is 4.74 Å². The largest absolute Gasteiger partial charge is 0.487 e. The third kappa shape index (κ3) is 3.43. The lowest BCUT2D eigenvalue weighted by molar-refractivity contribution is -0.134. The lowest BCUT2D eigenvalue weighted by Crippen LogP contribution is -2.51. The molecule has 0 unspecified atom stereocenters. The monoisotopic (exact) mass is 354 g/mol. The van der Waals surface area contributed by atoms with Gasteiger partial charge in [0.1, 0.15) is 17.2 Å². The van der Waals surface area contributed by atoms with Gasteiger partial charge in [0.15, 0.2) is 0 Å². The number of piperidine rings is 1. The molecule has 4 nitrogen and oxygen atoms in total. The molecule has 0 radical (unpaired) electrons. The zero-order valence-electron chi connectivity index (χ0n) is 15.0. The van der Waals surface area contributed by atoms with Crippen molar-refractivity contribution in [1.82, 2.24) is 9.88 Å². The number of likely N-dealkylation sites (tertiary alicyclic amines) is 1. The van der Waals surface area contributed by atoms with Crippen LogP contribution in [0.3, 0.4) is 0 Å². The van der Waals surface area contributed by atoms with Crippen molar-refractivity contribution in [1.29, 1.82) is 0 Å². The Morgan fingerprint density at radius 1 is 1.23 bits per heavy atom. The van der Waals surface area contributed by atoms with E-state index in [1.54, 1.807) is 0 Å². The number of aromatic nitrogens is 1. The molecule has 2 aliphatic rings. The van der Waals surface area contributed by atoms with Crippen LogP contribution >= 0.6 is 0 Å². The Labute approximate surface area is 153 Å². The molecule has 2 aromatic rings. The van der Waals surface area contributed by atoms with Crippen LogP contribution in [-0.4, -0.2) is 34.5 Å². The molecule has 1 aromatic carbocycles. The first kappa shape index (κ1) is 17.0. The normalized spacial score (nSPS) is 18.3. The summed E-state index contributed by atoms with van der Waals surface area (Å²) in [5, 5.41) is 0. The topological polar surface area (TPSA) is 42.4 Å².